The van der Waals surface area contributed by atoms with E-state index < -0.39 is 11.1 Å². The van der Waals surface area contributed by atoms with Crippen molar-refractivity contribution in [2.45, 2.75) is 18.9 Å². The summed E-state index contributed by atoms with van der Waals surface area (Å²) in [6.07, 6.45) is 1.06. The molecule has 0 spiro atoms. The Hall–Kier alpha value is -2.14. The van der Waals surface area contributed by atoms with Gasteiger partial charge in [0.25, 0.3) is 5.09 Å². The molecule has 0 saturated heterocycles. The van der Waals surface area contributed by atoms with Gasteiger partial charge < -0.3 is 32.1 Å². The van der Waals surface area contributed by atoms with Crippen LogP contribution in [0, 0.1) is 10.1 Å². The van der Waals surface area contributed by atoms with E-state index in [1.807, 2.05) is 0 Å². The summed E-state index contributed by atoms with van der Waals surface area (Å²) >= 11 is 0. The molecule has 11 nitrogen and oxygen atoms in total. The van der Waals surface area contributed by atoms with Gasteiger partial charge >= 0.3 is 0 Å². The Labute approximate surface area is 121 Å². The average molecular weight is 306 g/mol. The number of nitrogens with zero attached hydrogens (tertiary/aromatic N) is 2. The van der Waals surface area contributed by atoms with Crippen LogP contribution < -0.4 is 22.5 Å². The first-order chi connectivity index (χ1) is 9.93. The third kappa shape index (κ3) is 12.6. The molecule has 1 unspecified atom stereocenters. The van der Waals surface area contributed by atoms with Crippen LogP contribution in [0.2, 0.25) is 0 Å². The Bertz CT molecular complexity index is 347. The standard InChI is InChI=1S/C10H22N6O5/c11-8(2-1-3-15-10(12)13)9(17)14-4-5-20-6-7-21-16(18)19/h8H,1-7,11H2,(H,14,17)(H4,12,13,15). The molecule has 21 heavy (non-hydrogen) atoms. The lowest BCUT2D eigenvalue weighted by Crippen LogP contribution is -2.42. The van der Waals surface area contributed by atoms with Gasteiger partial charge in [-0.25, -0.2) is 0 Å². The fraction of sp³-hybridized carbons (Fsp3) is 0.800. The van der Waals surface area contributed by atoms with Crippen molar-refractivity contribution in [2.24, 2.45) is 22.2 Å². The third-order valence-electron chi connectivity index (χ3n) is 2.27. The van der Waals surface area contributed by atoms with Crippen molar-refractivity contribution in [1.82, 2.24) is 5.32 Å². The molecule has 0 rings (SSSR count). The Morgan fingerprint density at radius 1 is 1.33 bits per heavy atom. The van der Waals surface area contributed by atoms with Crippen molar-refractivity contribution in [2.75, 3.05) is 32.9 Å². The maximum absolute atomic E-state index is 11.6. The molecule has 0 heterocycles. The van der Waals surface area contributed by atoms with E-state index in [1.54, 1.807) is 0 Å². The predicted molar refractivity (Wildman–Crippen MR) is 74.7 cm³/mol. The Morgan fingerprint density at radius 2 is 2.05 bits per heavy atom. The van der Waals surface area contributed by atoms with Crippen LogP contribution in [0.25, 0.3) is 0 Å². The highest BCUT2D eigenvalue weighted by molar-refractivity contribution is 5.81. The topological polar surface area (TPSA) is 181 Å². The second kappa shape index (κ2) is 11.7. The van der Waals surface area contributed by atoms with E-state index in [-0.39, 0.29) is 38.2 Å². The number of carbonyl (C=O) groups is 1. The number of hydrogen-bond acceptors (Lipinski definition) is 7. The lowest BCUT2D eigenvalue weighted by Gasteiger charge is -2.11. The van der Waals surface area contributed by atoms with E-state index in [1.165, 1.54) is 0 Å². The Balaban J connectivity index is 3.51. The summed E-state index contributed by atoms with van der Waals surface area (Å²) in [7, 11) is 0. The fourth-order valence-corrected chi connectivity index (χ4v) is 1.30. The summed E-state index contributed by atoms with van der Waals surface area (Å²) in [6.45, 7) is 0.821. The van der Waals surface area contributed by atoms with E-state index in [0.29, 0.717) is 19.4 Å². The van der Waals surface area contributed by atoms with E-state index in [2.05, 4.69) is 15.1 Å². The van der Waals surface area contributed by atoms with Gasteiger partial charge in [-0.2, -0.15) is 0 Å². The average Bonchev–Trinajstić information content (AvgIpc) is 2.41. The largest absolute Gasteiger partial charge is 0.378 e. The molecule has 0 aliphatic heterocycles. The molecule has 0 aliphatic carbocycles. The quantitative estimate of drug-likeness (QED) is 0.102. The number of nitrogens with one attached hydrogen (secondary N) is 1. The van der Waals surface area contributed by atoms with Crippen molar-refractivity contribution >= 4 is 11.9 Å². The highest BCUT2D eigenvalue weighted by atomic mass is 17.0. The van der Waals surface area contributed by atoms with Crippen molar-refractivity contribution in [3.05, 3.63) is 10.1 Å². The van der Waals surface area contributed by atoms with E-state index in [4.69, 9.17) is 21.9 Å². The summed E-state index contributed by atoms with van der Waals surface area (Å²) in [4.78, 5) is 29.2. The molecule has 0 bridgehead atoms. The number of rotatable bonds is 12. The molecule has 7 N–H and O–H groups in total. The van der Waals surface area contributed by atoms with Crippen molar-refractivity contribution in [1.29, 1.82) is 0 Å². The number of carbonyl (C=O) groups excluding carboxylic acids is 1. The van der Waals surface area contributed by atoms with Gasteiger partial charge in [-0.05, 0) is 12.8 Å². The molecule has 0 aromatic carbocycles. The lowest BCUT2D eigenvalue weighted by atomic mass is 10.1. The SMILES string of the molecule is NC(N)=NCCCC(N)C(=O)NCCOCCO[N+](=O)[O-]. The lowest BCUT2D eigenvalue weighted by molar-refractivity contribution is -0.758. The summed E-state index contributed by atoms with van der Waals surface area (Å²) in [5.41, 5.74) is 16.0. The molecule has 0 aromatic heterocycles. The molecule has 0 aliphatic rings. The minimum atomic E-state index is -0.896. The van der Waals surface area contributed by atoms with Gasteiger partial charge in [-0.15, -0.1) is 10.1 Å². The highest BCUT2D eigenvalue weighted by Crippen LogP contribution is 1.95. The van der Waals surface area contributed by atoms with Crippen LogP contribution >= 0.6 is 0 Å². The van der Waals surface area contributed by atoms with Crippen molar-refractivity contribution in [3.8, 4) is 0 Å². The summed E-state index contributed by atoms with van der Waals surface area (Å²) in [5.74, 6) is -0.295. The highest BCUT2D eigenvalue weighted by Gasteiger charge is 2.11. The molecule has 0 radical (unpaired) electrons. The molecular formula is C10H22N6O5. The van der Waals surface area contributed by atoms with Crippen molar-refractivity contribution in [3.63, 3.8) is 0 Å². The van der Waals surface area contributed by atoms with E-state index in [9.17, 15) is 14.9 Å². The molecule has 11 heteroatoms. The molecular weight excluding hydrogens is 284 g/mol. The van der Waals surface area contributed by atoms with Gasteiger partial charge in [0.1, 0.15) is 6.61 Å². The molecule has 0 fully saturated rings. The van der Waals surface area contributed by atoms with Gasteiger partial charge in [-0.1, -0.05) is 0 Å². The molecule has 0 saturated carbocycles. The number of ether oxygens (including phenoxy) is 1. The maximum Gasteiger partial charge on any atom is 0.294 e. The van der Waals surface area contributed by atoms with E-state index >= 15 is 0 Å². The zero-order valence-electron chi connectivity index (χ0n) is 11.7. The second-order valence-corrected chi connectivity index (χ2v) is 4.02. The van der Waals surface area contributed by atoms with Gasteiger partial charge in [-0.3, -0.25) is 9.79 Å². The van der Waals surface area contributed by atoms with Crippen LogP contribution in [0.15, 0.2) is 4.99 Å². The van der Waals surface area contributed by atoms with Crippen molar-refractivity contribution < 1.29 is 19.5 Å². The monoisotopic (exact) mass is 306 g/mol. The predicted octanol–water partition coefficient (Wildman–Crippen LogP) is -2.29. The first-order valence-electron chi connectivity index (χ1n) is 6.37. The summed E-state index contributed by atoms with van der Waals surface area (Å²) in [6, 6.07) is -0.642. The zero-order valence-corrected chi connectivity index (χ0v) is 11.7. The summed E-state index contributed by atoms with van der Waals surface area (Å²) < 4.78 is 5.01. The van der Waals surface area contributed by atoms with Gasteiger partial charge in [0.05, 0.1) is 19.3 Å². The normalized spacial score (nSPS) is 11.5. The Kier molecular flexibility index (Phi) is 10.5. The van der Waals surface area contributed by atoms with Gasteiger partial charge in [0.2, 0.25) is 5.91 Å². The molecule has 122 valence electrons. The van der Waals surface area contributed by atoms with Crippen LogP contribution in [0.3, 0.4) is 0 Å². The second-order valence-electron chi connectivity index (χ2n) is 4.02. The number of aliphatic imine (C=N–C) groups is 1. The smallest absolute Gasteiger partial charge is 0.294 e. The van der Waals surface area contributed by atoms with Crippen LogP contribution in [0.5, 0.6) is 0 Å². The van der Waals surface area contributed by atoms with Gasteiger partial charge in [0, 0.05) is 13.1 Å². The minimum Gasteiger partial charge on any atom is -0.378 e. The fourth-order valence-electron chi connectivity index (χ4n) is 1.30. The van der Waals surface area contributed by atoms with E-state index in [0.717, 1.165) is 0 Å². The van der Waals surface area contributed by atoms with Crippen LogP contribution in [0.4, 0.5) is 0 Å². The molecule has 1 amide bonds. The zero-order chi connectivity index (χ0) is 16.1. The maximum atomic E-state index is 11.6. The minimum absolute atomic E-state index is 0.00577. The Morgan fingerprint density at radius 3 is 2.67 bits per heavy atom. The van der Waals surface area contributed by atoms with Gasteiger partial charge in [0.15, 0.2) is 5.96 Å². The number of amides is 1. The van der Waals surface area contributed by atoms with Crippen LogP contribution in [0.1, 0.15) is 12.8 Å². The van der Waals surface area contributed by atoms with Crippen LogP contribution in [-0.2, 0) is 14.4 Å². The molecule has 0 aromatic rings. The number of nitrogens with two attached hydrogens (primary N) is 3. The number of guanidine groups is 1. The first kappa shape index (κ1) is 18.9. The van der Waals surface area contributed by atoms with Crippen LogP contribution in [-0.4, -0.2) is 55.9 Å². The molecule has 1 atom stereocenters. The third-order valence-corrected chi connectivity index (χ3v) is 2.27. The number of hydrogen-bond donors (Lipinski definition) is 4. The summed E-state index contributed by atoms with van der Waals surface area (Å²) in [5, 5.41) is 11.5. The first-order valence-corrected chi connectivity index (χ1v) is 6.37.